The van der Waals surface area contributed by atoms with Gasteiger partial charge in [0.25, 0.3) is 0 Å². The molecule has 1 fully saturated rings. The fourth-order valence-corrected chi connectivity index (χ4v) is 5.24. The van der Waals surface area contributed by atoms with Crippen LogP contribution in [0.15, 0.2) is 29.6 Å². The summed E-state index contributed by atoms with van der Waals surface area (Å²) in [6.07, 6.45) is 3.72. The third kappa shape index (κ3) is 4.24. The van der Waals surface area contributed by atoms with E-state index in [1.165, 1.54) is 34.9 Å². The van der Waals surface area contributed by atoms with Crippen molar-refractivity contribution in [3.05, 3.63) is 35.2 Å². The van der Waals surface area contributed by atoms with Crippen LogP contribution in [0.2, 0.25) is 0 Å². The van der Waals surface area contributed by atoms with Gasteiger partial charge in [0.2, 0.25) is 0 Å². The second-order valence-electron chi connectivity index (χ2n) is 7.69. The Bertz CT molecular complexity index is 689. The monoisotopic (exact) mass is 346 g/mol. The van der Waals surface area contributed by atoms with Gasteiger partial charge in [0.1, 0.15) is 0 Å². The van der Waals surface area contributed by atoms with Crippen LogP contribution < -0.4 is 10.6 Å². The standard InChI is InChI=1S/C19H26N2S2/c1-13-8-15(10-19(2,3)9-13)21-18(22)20-11-14-12-23-17-7-5-4-6-16(14)17/h4-7,12-13,15H,8-11H2,1-3H3,(H2,20,21,22)/t13-,15+/m1/s1. The maximum atomic E-state index is 5.53. The van der Waals surface area contributed by atoms with E-state index in [9.17, 15) is 0 Å². The molecule has 23 heavy (non-hydrogen) atoms. The van der Waals surface area contributed by atoms with E-state index in [0.717, 1.165) is 17.6 Å². The molecular formula is C19H26N2S2. The average molecular weight is 347 g/mol. The molecule has 1 aliphatic rings. The van der Waals surface area contributed by atoms with E-state index in [1.54, 1.807) is 11.3 Å². The third-order valence-corrected chi connectivity index (χ3v) is 6.00. The molecule has 3 rings (SSSR count). The minimum Gasteiger partial charge on any atom is -0.360 e. The molecule has 1 heterocycles. The maximum absolute atomic E-state index is 5.53. The van der Waals surface area contributed by atoms with Gasteiger partial charge in [0.05, 0.1) is 0 Å². The van der Waals surface area contributed by atoms with E-state index >= 15 is 0 Å². The van der Waals surface area contributed by atoms with E-state index in [2.05, 4.69) is 61.1 Å². The topological polar surface area (TPSA) is 24.1 Å². The van der Waals surface area contributed by atoms with Gasteiger partial charge in [-0.15, -0.1) is 11.3 Å². The lowest BCUT2D eigenvalue weighted by atomic mass is 9.71. The van der Waals surface area contributed by atoms with Crippen LogP contribution in [0, 0.1) is 11.3 Å². The van der Waals surface area contributed by atoms with Crippen LogP contribution >= 0.6 is 23.6 Å². The summed E-state index contributed by atoms with van der Waals surface area (Å²) in [6, 6.07) is 9.04. The van der Waals surface area contributed by atoms with Gasteiger partial charge in [-0.2, -0.15) is 0 Å². The first kappa shape index (κ1) is 16.7. The highest BCUT2D eigenvalue weighted by atomic mass is 32.1. The van der Waals surface area contributed by atoms with Crippen molar-refractivity contribution in [1.29, 1.82) is 0 Å². The van der Waals surface area contributed by atoms with Gasteiger partial charge in [0.15, 0.2) is 5.11 Å². The van der Waals surface area contributed by atoms with Gasteiger partial charge < -0.3 is 10.6 Å². The van der Waals surface area contributed by atoms with E-state index in [1.807, 2.05) is 0 Å². The van der Waals surface area contributed by atoms with Gasteiger partial charge in [-0.25, -0.2) is 0 Å². The Morgan fingerprint density at radius 2 is 2.09 bits per heavy atom. The average Bonchev–Trinajstić information content (AvgIpc) is 2.86. The number of hydrogen-bond acceptors (Lipinski definition) is 2. The summed E-state index contributed by atoms with van der Waals surface area (Å²) in [5.74, 6) is 0.764. The van der Waals surface area contributed by atoms with E-state index in [-0.39, 0.29) is 0 Å². The van der Waals surface area contributed by atoms with Gasteiger partial charge in [-0.1, -0.05) is 39.0 Å². The SMILES string of the molecule is C[C@@H]1C[C@H](NC(=S)NCc2csc3ccccc23)CC(C)(C)C1. The molecule has 0 unspecified atom stereocenters. The second kappa shape index (κ2) is 6.78. The Hall–Kier alpha value is -1.13. The quantitative estimate of drug-likeness (QED) is 0.758. The first-order chi connectivity index (χ1) is 10.9. The number of nitrogens with one attached hydrogen (secondary N) is 2. The third-order valence-electron chi connectivity index (χ3n) is 4.72. The summed E-state index contributed by atoms with van der Waals surface area (Å²) in [5.41, 5.74) is 1.74. The largest absolute Gasteiger partial charge is 0.360 e. The Morgan fingerprint density at radius 3 is 2.87 bits per heavy atom. The smallest absolute Gasteiger partial charge is 0.166 e. The highest BCUT2D eigenvalue weighted by molar-refractivity contribution is 7.80. The van der Waals surface area contributed by atoms with Crippen LogP contribution in [0.3, 0.4) is 0 Å². The normalized spacial score (nSPS) is 23.6. The van der Waals surface area contributed by atoms with Gasteiger partial charge in [-0.3, -0.25) is 0 Å². The van der Waals surface area contributed by atoms with Crippen molar-refractivity contribution in [3.63, 3.8) is 0 Å². The van der Waals surface area contributed by atoms with Crippen LogP contribution in [-0.2, 0) is 6.54 Å². The van der Waals surface area contributed by atoms with Crippen LogP contribution in [0.25, 0.3) is 10.1 Å². The number of thiocarbonyl (C=S) groups is 1. The number of thiophene rings is 1. The molecule has 0 bridgehead atoms. The predicted octanol–water partition coefficient (Wildman–Crippen LogP) is 5.08. The lowest BCUT2D eigenvalue weighted by molar-refractivity contribution is 0.161. The number of hydrogen-bond donors (Lipinski definition) is 2. The zero-order chi connectivity index (χ0) is 16.4. The number of benzene rings is 1. The first-order valence-corrected chi connectivity index (χ1v) is 9.71. The number of rotatable bonds is 3. The Balaban J connectivity index is 1.55. The molecule has 0 amide bonds. The molecule has 2 N–H and O–H groups in total. The molecule has 0 aliphatic heterocycles. The summed E-state index contributed by atoms with van der Waals surface area (Å²) in [6.45, 7) is 7.88. The fourth-order valence-electron chi connectivity index (χ4n) is 4.04. The molecular weight excluding hydrogens is 320 g/mol. The Labute approximate surface area is 148 Å². The Kier molecular flexibility index (Phi) is 4.93. The predicted molar refractivity (Wildman–Crippen MR) is 105 cm³/mol. The van der Waals surface area contributed by atoms with E-state index in [4.69, 9.17) is 12.2 Å². The summed E-state index contributed by atoms with van der Waals surface area (Å²) >= 11 is 7.32. The molecule has 1 aromatic heterocycles. The highest BCUT2D eigenvalue weighted by Crippen LogP contribution is 2.38. The fraction of sp³-hybridized carbons (Fsp3) is 0.526. The minimum absolute atomic E-state index is 0.411. The summed E-state index contributed by atoms with van der Waals surface area (Å²) in [7, 11) is 0. The molecule has 124 valence electrons. The number of fused-ring (bicyclic) bond motifs is 1. The van der Waals surface area contributed by atoms with Crippen molar-refractivity contribution in [2.45, 2.75) is 52.6 Å². The van der Waals surface area contributed by atoms with Crippen LogP contribution in [0.4, 0.5) is 0 Å². The van der Waals surface area contributed by atoms with Gasteiger partial charge in [0, 0.05) is 17.3 Å². The molecule has 2 nitrogen and oxygen atoms in total. The van der Waals surface area contributed by atoms with Crippen molar-refractivity contribution in [2.24, 2.45) is 11.3 Å². The zero-order valence-electron chi connectivity index (χ0n) is 14.2. The van der Waals surface area contributed by atoms with E-state index in [0.29, 0.717) is 11.5 Å². The summed E-state index contributed by atoms with van der Waals surface area (Å²) in [5, 5.41) is 11.3. The first-order valence-electron chi connectivity index (χ1n) is 8.42. The molecule has 4 heteroatoms. The molecule has 0 saturated heterocycles. The maximum Gasteiger partial charge on any atom is 0.166 e. The minimum atomic E-state index is 0.411. The van der Waals surface area contributed by atoms with E-state index < -0.39 is 0 Å². The molecule has 2 aromatic rings. The Morgan fingerprint density at radius 1 is 1.30 bits per heavy atom. The summed E-state index contributed by atoms with van der Waals surface area (Å²) < 4.78 is 1.34. The highest BCUT2D eigenvalue weighted by Gasteiger charge is 2.32. The van der Waals surface area contributed by atoms with Crippen LogP contribution in [0.1, 0.15) is 45.6 Å². The van der Waals surface area contributed by atoms with Crippen LogP contribution in [-0.4, -0.2) is 11.2 Å². The summed E-state index contributed by atoms with van der Waals surface area (Å²) in [4.78, 5) is 0. The molecule has 0 spiro atoms. The van der Waals surface area contributed by atoms with Crippen molar-refractivity contribution >= 4 is 38.8 Å². The van der Waals surface area contributed by atoms with Gasteiger partial charge in [-0.05, 0) is 65.2 Å². The molecule has 1 aliphatic carbocycles. The molecule has 0 radical (unpaired) electrons. The lowest BCUT2D eigenvalue weighted by Gasteiger charge is -2.39. The van der Waals surface area contributed by atoms with Crippen LogP contribution in [0.5, 0.6) is 0 Å². The van der Waals surface area contributed by atoms with Crippen molar-refractivity contribution in [1.82, 2.24) is 10.6 Å². The second-order valence-corrected chi connectivity index (χ2v) is 9.01. The lowest BCUT2D eigenvalue weighted by Crippen LogP contribution is -2.46. The van der Waals surface area contributed by atoms with Crippen molar-refractivity contribution in [3.8, 4) is 0 Å². The molecule has 1 aromatic carbocycles. The zero-order valence-corrected chi connectivity index (χ0v) is 15.8. The molecule has 2 atom stereocenters. The van der Waals surface area contributed by atoms with Crippen molar-refractivity contribution in [2.75, 3.05) is 0 Å². The van der Waals surface area contributed by atoms with Crippen molar-refractivity contribution < 1.29 is 0 Å². The van der Waals surface area contributed by atoms with Gasteiger partial charge >= 0.3 is 0 Å². The molecule has 1 saturated carbocycles.